The van der Waals surface area contributed by atoms with Crippen LogP contribution in [0.5, 0.6) is 0 Å². The molecule has 8 nitrogen and oxygen atoms in total. The Bertz CT molecular complexity index is 990. The van der Waals surface area contributed by atoms with Crippen molar-refractivity contribution < 1.29 is 4.79 Å². The molecule has 3 heterocycles. The van der Waals surface area contributed by atoms with Crippen LogP contribution in [0.1, 0.15) is 16.3 Å². The average molecular weight is 371 g/mol. The summed E-state index contributed by atoms with van der Waals surface area (Å²) in [6.45, 7) is 0.292. The van der Waals surface area contributed by atoms with Gasteiger partial charge in [0, 0.05) is 32.3 Å². The molecule has 0 spiro atoms. The molecule has 0 aliphatic heterocycles. The SMILES string of the molecule is Cn1c(CCNC(=O)c2cccc(Cl)n2)nc(-c2ccncn2)cc1=O. The molecule has 3 aromatic heterocycles. The lowest BCUT2D eigenvalue weighted by Crippen LogP contribution is -2.29. The highest BCUT2D eigenvalue weighted by Gasteiger charge is 2.11. The number of nitrogens with zero attached hydrogens (tertiary/aromatic N) is 5. The largest absolute Gasteiger partial charge is 0.350 e. The van der Waals surface area contributed by atoms with E-state index < -0.39 is 0 Å². The summed E-state index contributed by atoms with van der Waals surface area (Å²) in [6, 6.07) is 7.92. The van der Waals surface area contributed by atoms with E-state index in [1.54, 1.807) is 37.5 Å². The smallest absolute Gasteiger partial charge is 0.269 e. The second kappa shape index (κ2) is 7.83. The first-order valence-electron chi connectivity index (χ1n) is 7.78. The van der Waals surface area contributed by atoms with Crippen LogP contribution >= 0.6 is 11.6 Å². The molecule has 0 aromatic carbocycles. The van der Waals surface area contributed by atoms with Gasteiger partial charge in [0.15, 0.2) is 0 Å². The second-order valence-corrected chi connectivity index (χ2v) is 5.79. The molecule has 0 unspecified atom stereocenters. The van der Waals surface area contributed by atoms with Gasteiger partial charge in [-0.1, -0.05) is 17.7 Å². The molecule has 0 fully saturated rings. The van der Waals surface area contributed by atoms with Crippen molar-refractivity contribution in [3.63, 3.8) is 0 Å². The number of amides is 1. The van der Waals surface area contributed by atoms with Crippen LogP contribution < -0.4 is 10.9 Å². The number of rotatable bonds is 5. The first-order chi connectivity index (χ1) is 12.5. The maximum Gasteiger partial charge on any atom is 0.269 e. The Balaban J connectivity index is 1.73. The fourth-order valence-corrected chi connectivity index (χ4v) is 2.46. The molecule has 26 heavy (non-hydrogen) atoms. The predicted molar refractivity (Wildman–Crippen MR) is 95.8 cm³/mol. The van der Waals surface area contributed by atoms with Crippen LogP contribution in [0.4, 0.5) is 0 Å². The van der Waals surface area contributed by atoms with Gasteiger partial charge in [0.1, 0.15) is 23.0 Å². The minimum Gasteiger partial charge on any atom is -0.350 e. The fourth-order valence-electron chi connectivity index (χ4n) is 2.30. The van der Waals surface area contributed by atoms with Crippen LogP contribution in [-0.4, -0.2) is 37.0 Å². The van der Waals surface area contributed by atoms with E-state index in [4.69, 9.17) is 11.6 Å². The second-order valence-electron chi connectivity index (χ2n) is 5.40. The fraction of sp³-hybridized carbons (Fsp3) is 0.176. The summed E-state index contributed by atoms with van der Waals surface area (Å²) in [4.78, 5) is 40.6. The monoisotopic (exact) mass is 370 g/mol. The molecule has 132 valence electrons. The van der Waals surface area contributed by atoms with E-state index in [1.165, 1.54) is 17.0 Å². The van der Waals surface area contributed by atoms with Gasteiger partial charge in [0.05, 0.1) is 11.4 Å². The Kier molecular flexibility index (Phi) is 5.33. The van der Waals surface area contributed by atoms with Crippen LogP contribution in [0.2, 0.25) is 5.15 Å². The Hall–Kier alpha value is -3.13. The van der Waals surface area contributed by atoms with Crippen LogP contribution in [0.3, 0.4) is 0 Å². The summed E-state index contributed by atoms with van der Waals surface area (Å²) in [5.74, 6) is 0.190. The molecule has 0 atom stereocenters. The first-order valence-corrected chi connectivity index (χ1v) is 8.16. The Morgan fingerprint density at radius 1 is 1.23 bits per heavy atom. The first kappa shape index (κ1) is 17.7. The summed E-state index contributed by atoms with van der Waals surface area (Å²) < 4.78 is 1.44. The summed E-state index contributed by atoms with van der Waals surface area (Å²) in [6.07, 6.45) is 3.35. The molecule has 0 radical (unpaired) electrons. The molecule has 1 N–H and O–H groups in total. The number of carbonyl (C=O) groups is 1. The van der Waals surface area contributed by atoms with Crippen molar-refractivity contribution in [2.45, 2.75) is 6.42 Å². The average Bonchev–Trinajstić information content (AvgIpc) is 2.65. The van der Waals surface area contributed by atoms with Crippen LogP contribution in [0, 0.1) is 0 Å². The number of hydrogen-bond acceptors (Lipinski definition) is 6. The molecule has 0 bridgehead atoms. The molecule has 0 saturated heterocycles. The minimum atomic E-state index is -0.343. The highest BCUT2D eigenvalue weighted by Crippen LogP contribution is 2.11. The van der Waals surface area contributed by atoms with Crippen molar-refractivity contribution in [2.75, 3.05) is 6.54 Å². The van der Waals surface area contributed by atoms with Gasteiger partial charge >= 0.3 is 0 Å². The maximum absolute atomic E-state index is 12.2. The maximum atomic E-state index is 12.2. The molecule has 3 aromatic rings. The highest BCUT2D eigenvalue weighted by molar-refractivity contribution is 6.29. The van der Waals surface area contributed by atoms with Crippen LogP contribution in [0.25, 0.3) is 11.4 Å². The third-order valence-corrected chi connectivity index (χ3v) is 3.86. The van der Waals surface area contributed by atoms with Gasteiger partial charge in [-0.2, -0.15) is 0 Å². The van der Waals surface area contributed by atoms with Crippen molar-refractivity contribution >= 4 is 17.5 Å². The molecule has 0 saturated carbocycles. The molecule has 0 aliphatic rings. The standard InChI is InChI=1S/C17H15ClN6O2/c1-24-15(6-8-20-17(26)12-3-2-4-14(18)22-12)23-13(9-16(24)25)11-5-7-19-10-21-11/h2-5,7,9-10H,6,8H2,1H3,(H,20,26). The van der Waals surface area contributed by atoms with Crippen LogP contribution in [0.15, 0.2) is 47.7 Å². The number of nitrogens with one attached hydrogen (secondary N) is 1. The summed E-state index contributed by atoms with van der Waals surface area (Å²) in [5, 5.41) is 2.99. The molecular weight excluding hydrogens is 356 g/mol. The third kappa shape index (κ3) is 4.09. The molecule has 0 aliphatic carbocycles. The zero-order valence-electron chi connectivity index (χ0n) is 13.9. The Morgan fingerprint density at radius 2 is 2.08 bits per heavy atom. The molecular formula is C17H15ClN6O2. The molecule has 1 amide bonds. The van der Waals surface area contributed by atoms with Crippen molar-refractivity contribution in [3.05, 3.63) is 69.9 Å². The lowest BCUT2D eigenvalue weighted by molar-refractivity contribution is 0.0949. The molecule has 3 rings (SSSR count). The Morgan fingerprint density at radius 3 is 2.81 bits per heavy atom. The lowest BCUT2D eigenvalue weighted by atomic mass is 10.2. The van der Waals surface area contributed by atoms with E-state index in [-0.39, 0.29) is 22.3 Å². The van der Waals surface area contributed by atoms with Gasteiger partial charge in [-0.15, -0.1) is 0 Å². The van der Waals surface area contributed by atoms with Gasteiger partial charge in [-0.05, 0) is 18.2 Å². The van der Waals surface area contributed by atoms with E-state index in [2.05, 4.69) is 25.3 Å². The van der Waals surface area contributed by atoms with Crippen LogP contribution in [-0.2, 0) is 13.5 Å². The topological polar surface area (TPSA) is 103 Å². The predicted octanol–water partition coefficient (Wildman–Crippen LogP) is 1.26. The van der Waals surface area contributed by atoms with Gasteiger partial charge in [0.2, 0.25) is 0 Å². The summed E-state index contributed by atoms with van der Waals surface area (Å²) in [5.41, 5.74) is 1.06. The molecule has 9 heteroatoms. The van der Waals surface area contributed by atoms with Crippen molar-refractivity contribution in [1.29, 1.82) is 0 Å². The number of aromatic nitrogens is 5. The normalized spacial score (nSPS) is 10.5. The van der Waals surface area contributed by atoms with Gasteiger partial charge in [0.25, 0.3) is 11.5 Å². The summed E-state index contributed by atoms with van der Waals surface area (Å²) in [7, 11) is 1.63. The number of halogens is 1. The van der Waals surface area contributed by atoms with E-state index in [1.807, 2.05) is 0 Å². The van der Waals surface area contributed by atoms with E-state index in [0.717, 1.165) is 0 Å². The quantitative estimate of drug-likeness (QED) is 0.678. The number of pyridine rings is 1. The summed E-state index contributed by atoms with van der Waals surface area (Å²) >= 11 is 5.78. The van der Waals surface area contributed by atoms with Gasteiger partial charge < -0.3 is 5.32 Å². The number of carbonyl (C=O) groups excluding carboxylic acids is 1. The third-order valence-electron chi connectivity index (χ3n) is 3.65. The highest BCUT2D eigenvalue weighted by atomic mass is 35.5. The Labute approximate surface area is 153 Å². The lowest BCUT2D eigenvalue weighted by Gasteiger charge is -2.10. The van der Waals surface area contributed by atoms with Gasteiger partial charge in [-0.3, -0.25) is 14.2 Å². The zero-order chi connectivity index (χ0) is 18.5. The van der Waals surface area contributed by atoms with E-state index in [0.29, 0.717) is 30.2 Å². The van der Waals surface area contributed by atoms with Crippen molar-refractivity contribution in [3.8, 4) is 11.4 Å². The number of hydrogen-bond donors (Lipinski definition) is 1. The van der Waals surface area contributed by atoms with Crippen molar-refractivity contribution in [2.24, 2.45) is 7.05 Å². The van der Waals surface area contributed by atoms with Crippen molar-refractivity contribution in [1.82, 2.24) is 29.8 Å². The zero-order valence-corrected chi connectivity index (χ0v) is 14.6. The minimum absolute atomic E-state index is 0.202. The van der Waals surface area contributed by atoms with E-state index in [9.17, 15) is 9.59 Å². The van der Waals surface area contributed by atoms with Gasteiger partial charge in [-0.25, -0.2) is 19.9 Å². The van der Waals surface area contributed by atoms with E-state index >= 15 is 0 Å².